The van der Waals surface area contributed by atoms with Crippen LogP contribution in [0.4, 0.5) is 4.39 Å². The molecule has 0 bridgehead atoms. The molecule has 1 aromatic carbocycles. The van der Waals surface area contributed by atoms with E-state index in [1.54, 1.807) is 6.07 Å². The number of hydrogen-bond acceptors (Lipinski definition) is 2. The Hall–Kier alpha value is -1.68. The van der Waals surface area contributed by atoms with Crippen LogP contribution in [0.15, 0.2) is 30.5 Å². The topological polar surface area (TPSA) is 31.9 Å². The van der Waals surface area contributed by atoms with Gasteiger partial charge in [0.1, 0.15) is 11.6 Å². The molecule has 1 unspecified atom stereocenters. The highest BCUT2D eigenvalue weighted by Crippen LogP contribution is 2.35. The van der Waals surface area contributed by atoms with Crippen LogP contribution in [0, 0.1) is 5.82 Å². The number of rotatable bonds is 2. The number of imidazole rings is 1. The molecule has 4 heteroatoms. The standard InChI is InChI=1S/C18H24FN3/c1-18(2,3)22-10-5-4-9-16(22)17-20-12-15(21-17)13-7-6-8-14(19)11-13/h6-8,11-12,16H,4-5,9-10H2,1-3H3,(H,20,21). The Kier molecular flexibility index (Phi) is 4.04. The fraction of sp³-hybridized carbons (Fsp3) is 0.500. The number of likely N-dealkylation sites (tertiary alicyclic amines) is 1. The summed E-state index contributed by atoms with van der Waals surface area (Å²) in [5.74, 6) is 0.768. The van der Waals surface area contributed by atoms with Crippen molar-refractivity contribution in [2.24, 2.45) is 0 Å². The lowest BCUT2D eigenvalue weighted by molar-refractivity contribution is 0.0469. The molecule has 22 heavy (non-hydrogen) atoms. The summed E-state index contributed by atoms with van der Waals surface area (Å²) in [4.78, 5) is 10.6. The Labute approximate surface area is 131 Å². The highest BCUT2D eigenvalue weighted by Gasteiger charge is 2.33. The normalized spacial score (nSPS) is 20.3. The Morgan fingerprint density at radius 2 is 2.09 bits per heavy atom. The predicted molar refractivity (Wildman–Crippen MR) is 87.0 cm³/mol. The lowest BCUT2D eigenvalue weighted by Gasteiger charge is -2.43. The van der Waals surface area contributed by atoms with E-state index < -0.39 is 0 Å². The van der Waals surface area contributed by atoms with E-state index >= 15 is 0 Å². The van der Waals surface area contributed by atoms with Crippen LogP contribution < -0.4 is 0 Å². The summed E-state index contributed by atoms with van der Waals surface area (Å²) in [6.07, 6.45) is 5.48. The number of aromatic amines is 1. The minimum absolute atomic E-state index is 0.122. The van der Waals surface area contributed by atoms with E-state index in [0.29, 0.717) is 6.04 Å². The van der Waals surface area contributed by atoms with E-state index in [1.807, 2.05) is 12.3 Å². The SMILES string of the molecule is CC(C)(C)N1CCCCC1c1nc(-c2cccc(F)c2)c[nH]1. The molecular formula is C18H24FN3. The van der Waals surface area contributed by atoms with Gasteiger partial charge < -0.3 is 4.98 Å². The van der Waals surface area contributed by atoms with Gasteiger partial charge in [0.2, 0.25) is 0 Å². The second-order valence-corrected chi connectivity index (χ2v) is 7.06. The van der Waals surface area contributed by atoms with E-state index in [2.05, 4.69) is 30.7 Å². The number of nitrogens with one attached hydrogen (secondary N) is 1. The van der Waals surface area contributed by atoms with Gasteiger partial charge in [0, 0.05) is 17.3 Å². The molecule has 1 fully saturated rings. The van der Waals surface area contributed by atoms with Gasteiger partial charge in [0.15, 0.2) is 0 Å². The van der Waals surface area contributed by atoms with Gasteiger partial charge in [-0.25, -0.2) is 9.37 Å². The Balaban J connectivity index is 1.89. The fourth-order valence-corrected chi connectivity index (χ4v) is 3.32. The molecule has 118 valence electrons. The number of H-pyrrole nitrogens is 1. The van der Waals surface area contributed by atoms with Gasteiger partial charge in [-0.15, -0.1) is 0 Å². The first-order valence-electron chi connectivity index (χ1n) is 8.03. The molecule has 0 spiro atoms. The zero-order valence-corrected chi connectivity index (χ0v) is 13.6. The lowest BCUT2D eigenvalue weighted by Crippen LogP contribution is -2.46. The molecule has 1 N–H and O–H groups in total. The molecule has 1 aliphatic rings. The van der Waals surface area contributed by atoms with E-state index in [-0.39, 0.29) is 11.4 Å². The van der Waals surface area contributed by atoms with Gasteiger partial charge in [0.25, 0.3) is 0 Å². The molecule has 1 saturated heterocycles. The first kappa shape index (κ1) is 15.2. The number of hydrogen-bond donors (Lipinski definition) is 1. The molecule has 1 atom stereocenters. The maximum absolute atomic E-state index is 13.4. The first-order chi connectivity index (χ1) is 10.4. The second-order valence-electron chi connectivity index (χ2n) is 7.06. The van der Waals surface area contributed by atoms with Crippen molar-refractivity contribution in [2.45, 2.75) is 51.6 Å². The van der Waals surface area contributed by atoms with Crippen molar-refractivity contribution in [3.05, 3.63) is 42.1 Å². The molecule has 1 aliphatic heterocycles. The van der Waals surface area contributed by atoms with Crippen molar-refractivity contribution >= 4 is 0 Å². The maximum Gasteiger partial charge on any atom is 0.124 e. The van der Waals surface area contributed by atoms with E-state index in [4.69, 9.17) is 4.98 Å². The van der Waals surface area contributed by atoms with Gasteiger partial charge in [-0.2, -0.15) is 0 Å². The largest absolute Gasteiger partial charge is 0.347 e. The van der Waals surface area contributed by atoms with Gasteiger partial charge in [0.05, 0.1) is 11.7 Å². The van der Waals surface area contributed by atoms with E-state index in [9.17, 15) is 4.39 Å². The van der Waals surface area contributed by atoms with Crippen LogP contribution in [0.2, 0.25) is 0 Å². The molecule has 0 radical (unpaired) electrons. The maximum atomic E-state index is 13.4. The summed E-state index contributed by atoms with van der Waals surface area (Å²) in [5.41, 5.74) is 1.76. The van der Waals surface area contributed by atoms with Crippen LogP contribution in [0.3, 0.4) is 0 Å². The Morgan fingerprint density at radius 1 is 1.27 bits per heavy atom. The van der Waals surface area contributed by atoms with Gasteiger partial charge >= 0.3 is 0 Å². The van der Waals surface area contributed by atoms with Crippen molar-refractivity contribution in [1.82, 2.24) is 14.9 Å². The second kappa shape index (κ2) is 5.84. The quantitative estimate of drug-likeness (QED) is 0.883. The summed E-state index contributed by atoms with van der Waals surface area (Å²) >= 11 is 0. The average molecular weight is 301 g/mol. The molecular weight excluding hydrogens is 277 g/mol. The fourth-order valence-electron chi connectivity index (χ4n) is 3.32. The number of benzene rings is 1. The van der Waals surface area contributed by atoms with Gasteiger partial charge in [-0.05, 0) is 52.3 Å². The summed E-state index contributed by atoms with van der Waals surface area (Å²) in [6, 6.07) is 6.92. The molecule has 0 saturated carbocycles. The van der Waals surface area contributed by atoms with Gasteiger partial charge in [-0.3, -0.25) is 4.90 Å². The van der Waals surface area contributed by atoms with Crippen molar-refractivity contribution in [2.75, 3.05) is 6.54 Å². The van der Waals surface area contributed by atoms with Crippen molar-refractivity contribution in [3.63, 3.8) is 0 Å². The number of aromatic nitrogens is 2. The number of halogens is 1. The Bertz CT molecular complexity index is 642. The molecule has 1 aromatic heterocycles. The van der Waals surface area contributed by atoms with Crippen LogP contribution in [-0.4, -0.2) is 27.0 Å². The minimum Gasteiger partial charge on any atom is -0.347 e. The van der Waals surface area contributed by atoms with E-state index in [1.165, 1.54) is 25.0 Å². The minimum atomic E-state index is -0.226. The average Bonchev–Trinajstić information content (AvgIpc) is 2.96. The number of piperidine rings is 1. The smallest absolute Gasteiger partial charge is 0.124 e. The molecule has 3 nitrogen and oxygen atoms in total. The summed E-state index contributed by atoms with van der Waals surface area (Å²) in [7, 11) is 0. The van der Waals surface area contributed by atoms with Crippen LogP contribution in [-0.2, 0) is 0 Å². The van der Waals surface area contributed by atoms with Crippen molar-refractivity contribution in [1.29, 1.82) is 0 Å². The first-order valence-corrected chi connectivity index (χ1v) is 8.03. The third-order valence-electron chi connectivity index (χ3n) is 4.40. The highest BCUT2D eigenvalue weighted by atomic mass is 19.1. The molecule has 2 aromatic rings. The zero-order chi connectivity index (χ0) is 15.7. The van der Waals surface area contributed by atoms with Crippen LogP contribution in [0.25, 0.3) is 11.3 Å². The zero-order valence-electron chi connectivity index (χ0n) is 13.6. The van der Waals surface area contributed by atoms with Crippen LogP contribution in [0.5, 0.6) is 0 Å². The van der Waals surface area contributed by atoms with Crippen molar-refractivity contribution in [3.8, 4) is 11.3 Å². The lowest BCUT2D eigenvalue weighted by atomic mass is 9.94. The van der Waals surface area contributed by atoms with Crippen LogP contribution in [0.1, 0.15) is 51.9 Å². The van der Waals surface area contributed by atoms with Crippen LogP contribution >= 0.6 is 0 Å². The predicted octanol–water partition coefficient (Wildman–Crippen LogP) is 4.54. The highest BCUT2D eigenvalue weighted by molar-refractivity contribution is 5.58. The molecule has 0 amide bonds. The monoisotopic (exact) mass is 301 g/mol. The third kappa shape index (κ3) is 3.07. The van der Waals surface area contributed by atoms with Crippen molar-refractivity contribution < 1.29 is 4.39 Å². The molecule has 2 heterocycles. The summed E-state index contributed by atoms with van der Waals surface area (Å²) < 4.78 is 13.4. The summed E-state index contributed by atoms with van der Waals surface area (Å²) in [5, 5.41) is 0. The molecule has 3 rings (SSSR count). The molecule has 0 aliphatic carbocycles. The number of nitrogens with zero attached hydrogens (tertiary/aromatic N) is 2. The van der Waals surface area contributed by atoms with E-state index in [0.717, 1.165) is 30.0 Å². The third-order valence-corrected chi connectivity index (χ3v) is 4.40. The Morgan fingerprint density at radius 3 is 2.82 bits per heavy atom. The summed E-state index contributed by atoms with van der Waals surface area (Å²) in [6.45, 7) is 7.86. The van der Waals surface area contributed by atoms with Gasteiger partial charge in [-0.1, -0.05) is 18.6 Å².